The molecule has 1 aromatic carbocycles. The minimum absolute atomic E-state index is 0.684. The smallest absolute Gasteiger partial charge is 0.0236 e. The van der Waals surface area contributed by atoms with Gasteiger partial charge in [-0.1, -0.05) is 43.2 Å². The standard InChI is InChI=1S/C16H26N2/c1-14(12-15-8-9-15)18(11-5-10-17)13-16-6-3-2-4-7-16/h2-4,6-7,14-15H,5,8-13,17H2,1H3. The zero-order valence-corrected chi connectivity index (χ0v) is 11.5. The van der Waals surface area contributed by atoms with Gasteiger partial charge in [0.1, 0.15) is 0 Å². The van der Waals surface area contributed by atoms with Gasteiger partial charge >= 0.3 is 0 Å². The molecular formula is C16H26N2. The topological polar surface area (TPSA) is 29.3 Å². The van der Waals surface area contributed by atoms with Crippen molar-refractivity contribution in [1.82, 2.24) is 4.90 Å². The van der Waals surface area contributed by atoms with Gasteiger partial charge < -0.3 is 5.73 Å². The third-order valence-corrected chi connectivity index (χ3v) is 3.87. The van der Waals surface area contributed by atoms with E-state index in [1.54, 1.807) is 0 Å². The SMILES string of the molecule is CC(CC1CC1)N(CCCN)Cc1ccccc1. The van der Waals surface area contributed by atoms with E-state index in [-0.39, 0.29) is 0 Å². The van der Waals surface area contributed by atoms with Crippen LogP contribution >= 0.6 is 0 Å². The fraction of sp³-hybridized carbons (Fsp3) is 0.625. The summed E-state index contributed by atoms with van der Waals surface area (Å²) in [4.78, 5) is 2.60. The first kappa shape index (κ1) is 13.6. The van der Waals surface area contributed by atoms with Crippen molar-refractivity contribution in [2.75, 3.05) is 13.1 Å². The summed E-state index contributed by atoms with van der Waals surface area (Å²) in [5.41, 5.74) is 7.07. The summed E-state index contributed by atoms with van der Waals surface area (Å²) >= 11 is 0. The zero-order valence-electron chi connectivity index (χ0n) is 11.5. The lowest BCUT2D eigenvalue weighted by molar-refractivity contribution is 0.184. The van der Waals surface area contributed by atoms with Gasteiger partial charge in [0.25, 0.3) is 0 Å². The van der Waals surface area contributed by atoms with Crippen molar-refractivity contribution >= 4 is 0 Å². The Hall–Kier alpha value is -0.860. The van der Waals surface area contributed by atoms with Crippen LogP contribution in [0, 0.1) is 5.92 Å². The molecule has 1 fully saturated rings. The highest BCUT2D eigenvalue weighted by Gasteiger charge is 2.26. The molecule has 0 saturated heterocycles. The molecular weight excluding hydrogens is 220 g/mol. The Labute approximate surface area is 111 Å². The van der Waals surface area contributed by atoms with Crippen LogP contribution in [0.15, 0.2) is 30.3 Å². The molecule has 2 N–H and O–H groups in total. The van der Waals surface area contributed by atoms with Gasteiger partial charge in [-0.15, -0.1) is 0 Å². The summed E-state index contributed by atoms with van der Waals surface area (Å²) in [6.07, 6.45) is 5.35. The lowest BCUT2D eigenvalue weighted by atomic mass is 10.1. The van der Waals surface area contributed by atoms with Gasteiger partial charge in [-0.3, -0.25) is 4.90 Å². The molecule has 0 heterocycles. The molecule has 0 bridgehead atoms. The molecule has 0 aromatic heterocycles. The van der Waals surface area contributed by atoms with Crippen molar-refractivity contribution in [3.63, 3.8) is 0 Å². The fourth-order valence-corrected chi connectivity index (χ4v) is 2.55. The van der Waals surface area contributed by atoms with Crippen LogP contribution < -0.4 is 5.73 Å². The highest BCUT2D eigenvalue weighted by Crippen LogP contribution is 2.34. The maximum atomic E-state index is 5.66. The van der Waals surface area contributed by atoms with E-state index < -0.39 is 0 Å². The minimum atomic E-state index is 0.684. The van der Waals surface area contributed by atoms with Gasteiger partial charge in [0.05, 0.1) is 0 Å². The van der Waals surface area contributed by atoms with Gasteiger partial charge in [0.15, 0.2) is 0 Å². The van der Waals surface area contributed by atoms with Crippen LogP contribution in [0.25, 0.3) is 0 Å². The van der Waals surface area contributed by atoms with Gasteiger partial charge in [-0.2, -0.15) is 0 Å². The Balaban J connectivity index is 1.90. The Morgan fingerprint density at radius 2 is 2.00 bits per heavy atom. The lowest BCUT2D eigenvalue weighted by Gasteiger charge is -2.29. The first-order chi connectivity index (χ1) is 8.79. The van der Waals surface area contributed by atoms with Crippen LogP contribution in [0.2, 0.25) is 0 Å². The second kappa shape index (κ2) is 6.91. The Bertz CT molecular complexity index is 332. The van der Waals surface area contributed by atoms with Gasteiger partial charge in [-0.05, 0) is 44.3 Å². The second-order valence-electron chi connectivity index (χ2n) is 5.63. The van der Waals surface area contributed by atoms with Crippen molar-refractivity contribution < 1.29 is 0 Å². The molecule has 1 saturated carbocycles. The summed E-state index contributed by atoms with van der Waals surface area (Å²) in [6.45, 7) is 5.35. The molecule has 2 rings (SSSR count). The highest BCUT2D eigenvalue weighted by molar-refractivity contribution is 5.14. The number of hydrogen-bond acceptors (Lipinski definition) is 2. The first-order valence-corrected chi connectivity index (χ1v) is 7.27. The molecule has 2 nitrogen and oxygen atoms in total. The van der Waals surface area contributed by atoms with E-state index in [4.69, 9.17) is 5.73 Å². The van der Waals surface area contributed by atoms with Crippen LogP contribution in [-0.2, 0) is 6.54 Å². The second-order valence-corrected chi connectivity index (χ2v) is 5.63. The first-order valence-electron chi connectivity index (χ1n) is 7.27. The summed E-state index contributed by atoms with van der Waals surface area (Å²) in [7, 11) is 0. The summed E-state index contributed by atoms with van der Waals surface area (Å²) in [6, 6.07) is 11.5. The minimum Gasteiger partial charge on any atom is -0.330 e. The molecule has 1 unspecified atom stereocenters. The molecule has 0 amide bonds. The average molecular weight is 246 g/mol. The van der Waals surface area contributed by atoms with E-state index in [1.165, 1.54) is 24.8 Å². The molecule has 1 aromatic rings. The van der Waals surface area contributed by atoms with Crippen molar-refractivity contribution in [3.05, 3.63) is 35.9 Å². The van der Waals surface area contributed by atoms with Crippen LogP contribution in [-0.4, -0.2) is 24.0 Å². The number of hydrogen-bond donors (Lipinski definition) is 1. The van der Waals surface area contributed by atoms with E-state index in [2.05, 4.69) is 42.2 Å². The normalized spacial score (nSPS) is 17.1. The fourth-order valence-electron chi connectivity index (χ4n) is 2.55. The quantitative estimate of drug-likeness (QED) is 0.764. The van der Waals surface area contributed by atoms with E-state index in [9.17, 15) is 0 Å². The molecule has 0 aliphatic heterocycles. The van der Waals surface area contributed by atoms with E-state index in [0.29, 0.717) is 6.04 Å². The molecule has 1 aliphatic carbocycles. The van der Waals surface area contributed by atoms with Crippen LogP contribution in [0.1, 0.15) is 38.2 Å². The van der Waals surface area contributed by atoms with Crippen molar-refractivity contribution in [1.29, 1.82) is 0 Å². The van der Waals surface area contributed by atoms with E-state index >= 15 is 0 Å². The zero-order chi connectivity index (χ0) is 12.8. The van der Waals surface area contributed by atoms with Crippen LogP contribution in [0.5, 0.6) is 0 Å². The summed E-state index contributed by atoms with van der Waals surface area (Å²) < 4.78 is 0. The number of benzene rings is 1. The predicted molar refractivity (Wildman–Crippen MR) is 77.3 cm³/mol. The van der Waals surface area contributed by atoms with Crippen molar-refractivity contribution in [3.8, 4) is 0 Å². The van der Waals surface area contributed by atoms with Crippen LogP contribution in [0.3, 0.4) is 0 Å². The molecule has 0 spiro atoms. The Morgan fingerprint density at radius 3 is 2.61 bits per heavy atom. The van der Waals surface area contributed by atoms with Gasteiger partial charge in [0, 0.05) is 12.6 Å². The average Bonchev–Trinajstić information content (AvgIpc) is 3.19. The molecule has 1 atom stereocenters. The maximum absolute atomic E-state index is 5.66. The van der Waals surface area contributed by atoms with E-state index in [1.807, 2.05) is 0 Å². The third kappa shape index (κ3) is 4.43. The Kier molecular flexibility index (Phi) is 5.21. The molecule has 18 heavy (non-hydrogen) atoms. The Morgan fingerprint density at radius 1 is 1.28 bits per heavy atom. The highest BCUT2D eigenvalue weighted by atomic mass is 15.1. The number of rotatable bonds is 8. The van der Waals surface area contributed by atoms with Gasteiger partial charge in [-0.25, -0.2) is 0 Å². The lowest BCUT2D eigenvalue weighted by Crippen LogP contribution is -2.34. The van der Waals surface area contributed by atoms with E-state index in [0.717, 1.165) is 32.0 Å². The predicted octanol–water partition coefficient (Wildman–Crippen LogP) is 3.03. The number of nitrogens with zero attached hydrogens (tertiary/aromatic N) is 1. The van der Waals surface area contributed by atoms with Crippen molar-refractivity contribution in [2.45, 2.75) is 45.2 Å². The molecule has 100 valence electrons. The monoisotopic (exact) mass is 246 g/mol. The summed E-state index contributed by atoms with van der Waals surface area (Å²) in [5, 5.41) is 0. The molecule has 2 heteroatoms. The molecule has 1 aliphatic rings. The molecule has 0 radical (unpaired) electrons. The van der Waals surface area contributed by atoms with Crippen LogP contribution in [0.4, 0.5) is 0 Å². The number of nitrogens with two attached hydrogens (primary N) is 1. The largest absolute Gasteiger partial charge is 0.330 e. The van der Waals surface area contributed by atoms with Crippen molar-refractivity contribution in [2.24, 2.45) is 11.7 Å². The third-order valence-electron chi connectivity index (χ3n) is 3.87. The maximum Gasteiger partial charge on any atom is 0.0236 e. The summed E-state index contributed by atoms with van der Waals surface area (Å²) in [5.74, 6) is 0.996. The van der Waals surface area contributed by atoms with Gasteiger partial charge in [0.2, 0.25) is 0 Å².